The molecule has 0 unspecified atom stereocenters. The fraction of sp³-hybridized carbons (Fsp3) is 0.190. The maximum absolute atomic E-state index is 14.1. The fourth-order valence-corrected chi connectivity index (χ4v) is 3.45. The van der Waals surface area contributed by atoms with Crippen LogP contribution in [0.4, 0.5) is 8.78 Å². The average Bonchev–Trinajstić information content (AvgIpc) is 2.96. The number of rotatable bonds is 5. The number of phenols is 1. The molecule has 156 valence electrons. The van der Waals surface area contributed by atoms with Crippen LogP contribution < -0.4 is 5.32 Å². The molecular formula is C21H18F2N2O5. The molecule has 1 heterocycles. The highest BCUT2D eigenvalue weighted by Gasteiger charge is 2.28. The van der Waals surface area contributed by atoms with Crippen LogP contribution in [0.3, 0.4) is 0 Å². The monoisotopic (exact) mass is 416 g/mol. The number of fused-ring (bicyclic) bond motifs is 1. The Labute approximate surface area is 169 Å². The topological polar surface area (TPSA) is 109 Å². The van der Waals surface area contributed by atoms with Gasteiger partial charge < -0.3 is 15.5 Å². The molecule has 0 bridgehead atoms. The van der Waals surface area contributed by atoms with Gasteiger partial charge in [-0.25, -0.2) is 8.78 Å². The number of aliphatic carboxylic acids is 1. The molecule has 3 N–H and O–H groups in total. The van der Waals surface area contributed by atoms with Gasteiger partial charge in [0.25, 0.3) is 5.91 Å². The minimum absolute atomic E-state index is 0.0121. The minimum Gasteiger partial charge on any atom is -0.505 e. The van der Waals surface area contributed by atoms with Crippen molar-refractivity contribution in [2.24, 2.45) is 0 Å². The molecule has 7 nitrogen and oxygen atoms in total. The van der Waals surface area contributed by atoms with Crippen LogP contribution in [-0.2, 0) is 9.59 Å². The maximum atomic E-state index is 14.1. The average molecular weight is 416 g/mol. The third kappa shape index (κ3) is 3.73. The first-order chi connectivity index (χ1) is 14.1. The van der Waals surface area contributed by atoms with E-state index in [0.29, 0.717) is 5.56 Å². The number of carbonyl (C=O) groups excluding carboxylic acids is 2. The summed E-state index contributed by atoms with van der Waals surface area (Å²) in [7, 11) is 0. The van der Waals surface area contributed by atoms with Gasteiger partial charge in [0.05, 0.1) is 11.4 Å². The van der Waals surface area contributed by atoms with Crippen LogP contribution in [-0.4, -0.2) is 39.1 Å². The standard InChI is InChI=1S/C21H18F2N2O5/c1-10(20(29)24-9-18(27)28)19-11(2)25(16-8-15(23)17(26)7-14(16)19)21(30)12-4-3-5-13(22)6-12/h3-8,10,26H,9H2,1-2H3,(H,24,29)(H,27,28)/t10-/m1/s1. The summed E-state index contributed by atoms with van der Waals surface area (Å²) in [6, 6.07) is 7.03. The van der Waals surface area contributed by atoms with Crippen molar-refractivity contribution in [3.05, 3.63) is 64.9 Å². The Bertz CT molecular complexity index is 1190. The SMILES string of the molecule is Cc1c([C@@H](C)C(=O)NCC(=O)O)c2cc(O)c(F)cc2n1C(=O)c1cccc(F)c1. The van der Waals surface area contributed by atoms with E-state index >= 15 is 0 Å². The van der Waals surface area contributed by atoms with Crippen LogP contribution in [0.25, 0.3) is 10.9 Å². The highest BCUT2D eigenvalue weighted by Crippen LogP contribution is 2.36. The van der Waals surface area contributed by atoms with Crippen molar-refractivity contribution in [2.45, 2.75) is 19.8 Å². The van der Waals surface area contributed by atoms with Crippen LogP contribution in [0.15, 0.2) is 36.4 Å². The number of phenolic OH excluding ortho intramolecular Hbond substituents is 1. The summed E-state index contributed by atoms with van der Waals surface area (Å²) < 4.78 is 28.8. The van der Waals surface area contributed by atoms with Crippen LogP contribution in [0, 0.1) is 18.6 Å². The van der Waals surface area contributed by atoms with Gasteiger partial charge in [-0.1, -0.05) is 6.07 Å². The Hall–Kier alpha value is -3.75. The Balaban J connectivity index is 2.20. The molecule has 9 heteroatoms. The zero-order valence-corrected chi connectivity index (χ0v) is 16.1. The van der Waals surface area contributed by atoms with E-state index in [1.165, 1.54) is 32.0 Å². The Kier molecular flexibility index (Phi) is 5.55. The van der Waals surface area contributed by atoms with Gasteiger partial charge >= 0.3 is 5.97 Å². The van der Waals surface area contributed by atoms with E-state index in [4.69, 9.17) is 5.11 Å². The second-order valence-corrected chi connectivity index (χ2v) is 6.80. The van der Waals surface area contributed by atoms with Gasteiger partial charge in [0.15, 0.2) is 11.6 Å². The van der Waals surface area contributed by atoms with Crippen molar-refractivity contribution in [3.63, 3.8) is 0 Å². The number of benzene rings is 2. The third-order valence-electron chi connectivity index (χ3n) is 4.84. The number of halogens is 2. The highest BCUT2D eigenvalue weighted by atomic mass is 19.1. The molecule has 0 aliphatic carbocycles. The van der Waals surface area contributed by atoms with Crippen molar-refractivity contribution in [2.75, 3.05) is 6.54 Å². The lowest BCUT2D eigenvalue weighted by Gasteiger charge is -2.13. The largest absolute Gasteiger partial charge is 0.505 e. The molecule has 30 heavy (non-hydrogen) atoms. The molecule has 0 fully saturated rings. The molecule has 3 rings (SSSR count). The summed E-state index contributed by atoms with van der Waals surface area (Å²) in [4.78, 5) is 36.3. The normalized spacial score (nSPS) is 12.0. The first kappa shape index (κ1) is 21.0. The molecular weight excluding hydrogens is 398 g/mol. The van der Waals surface area contributed by atoms with Gasteiger partial charge in [0.2, 0.25) is 5.91 Å². The number of carboxylic acid groups (broad SMARTS) is 1. The number of amides is 1. The smallest absolute Gasteiger partial charge is 0.322 e. The van der Waals surface area contributed by atoms with Gasteiger partial charge in [-0.3, -0.25) is 19.0 Å². The zero-order chi connectivity index (χ0) is 22.2. The third-order valence-corrected chi connectivity index (χ3v) is 4.84. The van der Waals surface area contributed by atoms with Crippen molar-refractivity contribution < 1.29 is 33.4 Å². The molecule has 2 aromatic carbocycles. The lowest BCUT2D eigenvalue weighted by atomic mass is 9.97. The van der Waals surface area contributed by atoms with Crippen LogP contribution in [0.5, 0.6) is 5.75 Å². The van der Waals surface area contributed by atoms with Crippen molar-refractivity contribution >= 4 is 28.7 Å². The molecule has 1 amide bonds. The zero-order valence-electron chi connectivity index (χ0n) is 16.1. The summed E-state index contributed by atoms with van der Waals surface area (Å²) in [6.45, 7) is 2.43. The van der Waals surface area contributed by atoms with E-state index in [0.717, 1.165) is 22.8 Å². The Morgan fingerprint density at radius 2 is 1.87 bits per heavy atom. The van der Waals surface area contributed by atoms with Crippen LogP contribution >= 0.6 is 0 Å². The highest BCUT2D eigenvalue weighted by molar-refractivity contribution is 6.05. The summed E-state index contributed by atoms with van der Waals surface area (Å²) in [5.74, 6) is -5.68. The number of nitrogens with zero attached hydrogens (tertiary/aromatic N) is 1. The summed E-state index contributed by atoms with van der Waals surface area (Å²) >= 11 is 0. The van der Waals surface area contributed by atoms with Gasteiger partial charge in [0.1, 0.15) is 12.4 Å². The van der Waals surface area contributed by atoms with E-state index in [1.807, 2.05) is 0 Å². The van der Waals surface area contributed by atoms with E-state index < -0.39 is 47.6 Å². The number of aromatic hydroxyl groups is 1. The fourth-order valence-electron chi connectivity index (χ4n) is 3.45. The lowest BCUT2D eigenvalue weighted by Crippen LogP contribution is -2.32. The van der Waals surface area contributed by atoms with Crippen LogP contribution in [0.2, 0.25) is 0 Å². The van der Waals surface area contributed by atoms with Gasteiger partial charge in [-0.2, -0.15) is 0 Å². The molecule has 3 aromatic rings. The summed E-state index contributed by atoms with van der Waals surface area (Å²) in [6.07, 6.45) is 0. The lowest BCUT2D eigenvalue weighted by molar-refractivity contribution is -0.138. The number of carboxylic acids is 1. The summed E-state index contributed by atoms with van der Waals surface area (Å²) in [5.41, 5.74) is 0.693. The number of carbonyl (C=O) groups is 3. The van der Waals surface area contributed by atoms with Crippen molar-refractivity contribution in [1.29, 1.82) is 0 Å². The predicted octanol–water partition coefficient (Wildman–Crippen LogP) is 2.93. The second kappa shape index (κ2) is 7.94. The molecule has 0 saturated heterocycles. The molecule has 0 spiro atoms. The van der Waals surface area contributed by atoms with E-state index in [2.05, 4.69) is 5.32 Å². The Morgan fingerprint density at radius 1 is 1.17 bits per heavy atom. The van der Waals surface area contributed by atoms with Gasteiger partial charge in [0, 0.05) is 22.7 Å². The molecule has 0 aliphatic heterocycles. The second-order valence-electron chi connectivity index (χ2n) is 6.80. The van der Waals surface area contributed by atoms with Crippen molar-refractivity contribution in [1.82, 2.24) is 9.88 Å². The molecule has 1 aromatic heterocycles. The number of hydrogen-bond donors (Lipinski definition) is 3. The maximum Gasteiger partial charge on any atom is 0.322 e. The van der Waals surface area contributed by atoms with Crippen LogP contribution in [0.1, 0.15) is 34.5 Å². The van der Waals surface area contributed by atoms with E-state index in [9.17, 15) is 28.3 Å². The van der Waals surface area contributed by atoms with E-state index in [1.54, 1.807) is 0 Å². The molecule has 1 atom stereocenters. The quantitative estimate of drug-likeness (QED) is 0.593. The number of aromatic nitrogens is 1. The molecule has 0 saturated carbocycles. The number of hydrogen-bond acceptors (Lipinski definition) is 4. The van der Waals surface area contributed by atoms with Crippen molar-refractivity contribution in [3.8, 4) is 5.75 Å². The summed E-state index contributed by atoms with van der Waals surface area (Å²) in [5, 5.41) is 21.1. The molecule has 0 aliphatic rings. The van der Waals surface area contributed by atoms with Gasteiger partial charge in [-0.05, 0) is 43.7 Å². The van der Waals surface area contributed by atoms with Gasteiger partial charge in [-0.15, -0.1) is 0 Å². The minimum atomic E-state index is -1.23. The number of nitrogens with one attached hydrogen (secondary N) is 1. The predicted molar refractivity (Wildman–Crippen MR) is 103 cm³/mol. The first-order valence-electron chi connectivity index (χ1n) is 8.95. The van der Waals surface area contributed by atoms with E-state index in [-0.39, 0.29) is 22.2 Å². The first-order valence-corrected chi connectivity index (χ1v) is 8.95. The molecule has 0 radical (unpaired) electrons. The Morgan fingerprint density at radius 3 is 2.50 bits per heavy atom.